The second kappa shape index (κ2) is 5.85. The summed E-state index contributed by atoms with van der Waals surface area (Å²) in [4.78, 5) is 18.3. The summed E-state index contributed by atoms with van der Waals surface area (Å²) in [6.45, 7) is 3.95. The van der Waals surface area contributed by atoms with Crippen molar-refractivity contribution >= 4 is 11.6 Å². The van der Waals surface area contributed by atoms with Crippen molar-refractivity contribution in [3.8, 4) is 0 Å². The van der Waals surface area contributed by atoms with Crippen LogP contribution in [-0.4, -0.2) is 28.9 Å². The fourth-order valence-corrected chi connectivity index (χ4v) is 2.39. The van der Waals surface area contributed by atoms with Crippen molar-refractivity contribution in [2.24, 2.45) is 5.92 Å². The van der Waals surface area contributed by atoms with Gasteiger partial charge in [0.2, 0.25) is 0 Å². The van der Waals surface area contributed by atoms with Crippen molar-refractivity contribution in [3.63, 3.8) is 0 Å². The molecule has 1 aliphatic rings. The minimum atomic E-state index is 0.0592. The van der Waals surface area contributed by atoms with Crippen LogP contribution in [0.15, 0.2) is 18.5 Å². The van der Waals surface area contributed by atoms with Crippen molar-refractivity contribution in [3.05, 3.63) is 24.0 Å². The first kappa shape index (κ1) is 12.9. The first-order chi connectivity index (χ1) is 8.66. The van der Waals surface area contributed by atoms with E-state index in [1.54, 1.807) is 18.5 Å². The highest BCUT2D eigenvalue weighted by molar-refractivity contribution is 5.94. The zero-order chi connectivity index (χ0) is 13.0. The second-order valence-corrected chi connectivity index (χ2v) is 5.19. The van der Waals surface area contributed by atoms with E-state index in [2.05, 4.69) is 11.9 Å². The van der Waals surface area contributed by atoms with Crippen LogP contribution in [0.2, 0.25) is 0 Å². The van der Waals surface area contributed by atoms with Gasteiger partial charge in [-0.2, -0.15) is 0 Å². The van der Waals surface area contributed by atoms with E-state index in [0.717, 1.165) is 25.9 Å². The molecule has 1 unspecified atom stereocenters. The molecule has 0 bridgehead atoms. The number of hydrogen-bond donors (Lipinski definition) is 1. The van der Waals surface area contributed by atoms with Crippen molar-refractivity contribution in [1.29, 1.82) is 0 Å². The Morgan fingerprint density at radius 1 is 1.33 bits per heavy atom. The maximum absolute atomic E-state index is 12.4. The van der Waals surface area contributed by atoms with E-state index in [9.17, 15) is 4.79 Å². The Bertz CT molecular complexity index is 419. The molecule has 0 spiro atoms. The summed E-state index contributed by atoms with van der Waals surface area (Å²) < 4.78 is 0. The van der Waals surface area contributed by atoms with Crippen LogP contribution in [-0.2, 0) is 0 Å². The van der Waals surface area contributed by atoms with E-state index >= 15 is 0 Å². The number of carbonyl (C=O) groups is 1. The maximum Gasteiger partial charge on any atom is 0.255 e. The quantitative estimate of drug-likeness (QED) is 0.828. The summed E-state index contributed by atoms with van der Waals surface area (Å²) in [6.07, 6.45) is 7.82. The standard InChI is InChI=1S/C14H21N3O/c1-11-4-2-3-6-17(7-5-11)14(18)12-8-13(15)10-16-9-12/h8-11H,2-7,15H2,1H3. The molecule has 2 rings (SSSR count). The van der Waals surface area contributed by atoms with E-state index in [4.69, 9.17) is 5.73 Å². The molecule has 98 valence electrons. The molecular formula is C14H21N3O. The van der Waals surface area contributed by atoms with Gasteiger partial charge in [0.1, 0.15) is 0 Å². The summed E-state index contributed by atoms with van der Waals surface area (Å²) in [5.74, 6) is 0.767. The SMILES string of the molecule is CC1CCCCN(C(=O)c2cncc(N)c2)CC1. The number of anilines is 1. The summed E-state index contributed by atoms with van der Waals surface area (Å²) in [6, 6.07) is 1.71. The van der Waals surface area contributed by atoms with E-state index in [1.807, 2.05) is 4.90 Å². The van der Waals surface area contributed by atoms with E-state index in [0.29, 0.717) is 17.2 Å². The number of rotatable bonds is 1. The molecule has 0 saturated carbocycles. The fourth-order valence-electron chi connectivity index (χ4n) is 2.39. The predicted molar refractivity (Wildman–Crippen MR) is 72.2 cm³/mol. The minimum absolute atomic E-state index is 0.0592. The van der Waals surface area contributed by atoms with Gasteiger partial charge in [0.15, 0.2) is 0 Å². The van der Waals surface area contributed by atoms with Gasteiger partial charge in [-0.05, 0) is 24.8 Å². The Balaban J connectivity index is 2.07. The Morgan fingerprint density at radius 3 is 2.94 bits per heavy atom. The van der Waals surface area contributed by atoms with Crippen LogP contribution < -0.4 is 5.73 Å². The van der Waals surface area contributed by atoms with Crippen LogP contribution in [0.4, 0.5) is 5.69 Å². The lowest BCUT2D eigenvalue weighted by molar-refractivity contribution is 0.0731. The molecule has 0 radical (unpaired) electrons. The van der Waals surface area contributed by atoms with Crippen LogP contribution in [0.25, 0.3) is 0 Å². The first-order valence-electron chi connectivity index (χ1n) is 6.66. The number of nitrogens with zero attached hydrogens (tertiary/aromatic N) is 2. The van der Waals surface area contributed by atoms with Gasteiger partial charge in [-0.25, -0.2) is 0 Å². The van der Waals surface area contributed by atoms with Gasteiger partial charge in [0, 0.05) is 25.5 Å². The smallest absolute Gasteiger partial charge is 0.255 e. The number of aromatic nitrogens is 1. The highest BCUT2D eigenvalue weighted by Crippen LogP contribution is 2.18. The number of amides is 1. The number of hydrogen-bond acceptors (Lipinski definition) is 3. The fraction of sp³-hybridized carbons (Fsp3) is 0.571. The molecule has 2 N–H and O–H groups in total. The molecule has 1 saturated heterocycles. The van der Waals surface area contributed by atoms with Crippen LogP contribution in [0.3, 0.4) is 0 Å². The molecule has 18 heavy (non-hydrogen) atoms. The second-order valence-electron chi connectivity index (χ2n) is 5.19. The van der Waals surface area contributed by atoms with Gasteiger partial charge in [-0.1, -0.05) is 19.8 Å². The van der Waals surface area contributed by atoms with Crippen molar-refractivity contribution in [2.45, 2.75) is 32.6 Å². The van der Waals surface area contributed by atoms with E-state index in [-0.39, 0.29) is 5.91 Å². The highest BCUT2D eigenvalue weighted by Gasteiger charge is 2.18. The van der Waals surface area contributed by atoms with Gasteiger partial charge in [-0.15, -0.1) is 0 Å². The minimum Gasteiger partial charge on any atom is -0.397 e. The normalized spacial score (nSPS) is 21.2. The van der Waals surface area contributed by atoms with Crippen molar-refractivity contribution in [2.75, 3.05) is 18.8 Å². The van der Waals surface area contributed by atoms with Crippen LogP contribution in [0.1, 0.15) is 43.0 Å². The van der Waals surface area contributed by atoms with E-state index < -0.39 is 0 Å². The molecule has 0 aromatic carbocycles. The lowest BCUT2D eigenvalue weighted by Gasteiger charge is -2.27. The summed E-state index contributed by atoms with van der Waals surface area (Å²) >= 11 is 0. The summed E-state index contributed by atoms with van der Waals surface area (Å²) in [5.41, 5.74) is 6.81. The zero-order valence-corrected chi connectivity index (χ0v) is 10.9. The Hall–Kier alpha value is -1.58. The molecule has 0 aliphatic carbocycles. The van der Waals surface area contributed by atoms with Gasteiger partial charge < -0.3 is 10.6 Å². The van der Waals surface area contributed by atoms with Crippen LogP contribution in [0.5, 0.6) is 0 Å². The number of pyridine rings is 1. The Kier molecular flexibility index (Phi) is 4.18. The zero-order valence-electron chi connectivity index (χ0n) is 10.9. The first-order valence-corrected chi connectivity index (χ1v) is 6.66. The molecule has 4 heteroatoms. The molecular weight excluding hydrogens is 226 g/mol. The van der Waals surface area contributed by atoms with Gasteiger partial charge >= 0.3 is 0 Å². The van der Waals surface area contributed by atoms with E-state index in [1.165, 1.54) is 12.8 Å². The summed E-state index contributed by atoms with van der Waals surface area (Å²) in [5, 5.41) is 0. The topological polar surface area (TPSA) is 59.2 Å². The van der Waals surface area contributed by atoms with Crippen LogP contribution in [0, 0.1) is 5.92 Å². The molecule has 1 aliphatic heterocycles. The lowest BCUT2D eigenvalue weighted by atomic mass is 9.98. The number of carbonyl (C=O) groups excluding carboxylic acids is 1. The highest BCUT2D eigenvalue weighted by atomic mass is 16.2. The predicted octanol–water partition coefficient (Wildman–Crippen LogP) is 2.32. The molecule has 1 fully saturated rings. The number of nitrogens with two attached hydrogens (primary N) is 1. The molecule has 1 atom stereocenters. The third-order valence-electron chi connectivity index (χ3n) is 3.56. The van der Waals surface area contributed by atoms with Crippen LogP contribution >= 0.6 is 0 Å². The Morgan fingerprint density at radius 2 is 2.17 bits per heavy atom. The number of nitrogen functional groups attached to an aromatic ring is 1. The van der Waals surface area contributed by atoms with Crippen molar-refractivity contribution in [1.82, 2.24) is 9.88 Å². The van der Waals surface area contributed by atoms with Crippen molar-refractivity contribution < 1.29 is 4.79 Å². The van der Waals surface area contributed by atoms with Gasteiger partial charge in [0.05, 0.1) is 11.3 Å². The third-order valence-corrected chi connectivity index (χ3v) is 3.56. The number of likely N-dealkylation sites (tertiary alicyclic amines) is 1. The average molecular weight is 247 g/mol. The Labute approximate surface area is 108 Å². The third kappa shape index (κ3) is 3.22. The maximum atomic E-state index is 12.4. The van der Waals surface area contributed by atoms with Gasteiger partial charge in [-0.3, -0.25) is 9.78 Å². The largest absolute Gasteiger partial charge is 0.397 e. The monoisotopic (exact) mass is 247 g/mol. The average Bonchev–Trinajstić information content (AvgIpc) is 2.34. The molecule has 1 aromatic heterocycles. The molecule has 1 amide bonds. The summed E-state index contributed by atoms with van der Waals surface area (Å²) in [7, 11) is 0. The molecule has 4 nitrogen and oxygen atoms in total. The van der Waals surface area contributed by atoms with Gasteiger partial charge in [0.25, 0.3) is 5.91 Å². The molecule has 2 heterocycles. The molecule has 1 aromatic rings. The lowest BCUT2D eigenvalue weighted by Crippen LogP contribution is -2.35.